The molecule has 2 aromatic carbocycles. The van der Waals surface area contributed by atoms with Crippen molar-refractivity contribution in [3.8, 4) is 5.75 Å². The van der Waals surface area contributed by atoms with Crippen molar-refractivity contribution < 1.29 is 9.53 Å². The largest absolute Gasteiger partial charge is 0.497 e. The van der Waals surface area contributed by atoms with Gasteiger partial charge in [-0.3, -0.25) is 4.79 Å². The molecule has 3 rings (SSSR count). The van der Waals surface area contributed by atoms with Crippen LogP contribution in [0.4, 0.5) is 5.69 Å². The number of amides is 1. The van der Waals surface area contributed by atoms with Crippen molar-refractivity contribution >= 4 is 22.5 Å². The summed E-state index contributed by atoms with van der Waals surface area (Å²) in [6.45, 7) is 4.29. The van der Waals surface area contributed by atoms with E-state index in [0.29, 0.717) is 11.6 Å². The van der Waals surface area contributed by atoms with Gasteiger partial charge >= 0.3 is 0 Å². The Kier molecular flexibility index (Phi) is 4.06. The van der Waals surface area contributed by atoms with Gasteiger partial charge in [0.1, 0.15) is 11.4 Å². The molecule has 1 aromatic heterocycles. The Morgan fingerprint density at radius 2 is 1.83 bits per heavy atom. The zero-order valence-corrected chi connectivity index (χ0v) is 13.5. The first kappa shape index (κ1) is 15.2. The predicted octanol–water partition coefficient (Wildman–Crippen LogP) is 4.55. The van der Waals surface area contributed by atoms with E-state index in [1.807, 2.05) is 48.5 Å². The molecule has 1 amide bonds. The number of carbonyl (C=O) groups excluding carboxylic acids is 1. The second-order valence-corrected chi connectivity index (χ2v) is 5.87. The van der Waals surface area contributed by atoms with Crippen LogP contribution < -0.4 is 10.1 Å². The molecule has 0 atom stereocenters. The fourth-order valence-electron chi connectivity index (χ4n) is 2.51. The molecule has 0 fully saturated rings. The Labute approximate surface area is 135 Å². The van der Waals surface area contributed by atoms with Gasteiger partial charge in [-0.05, 0) is 47.9 Å². The third-order valence-electron chi connectivity index (χ3n) is 3.91. The maximum Gasteiger partial charge on any atom is 0.272 e. The van der Waals surface area contributed by atoms with Gasteiger partial charge in [0.05, 0.1) is 7.11 Å². The lowest BCUT2D eigenvalue weighted by Crippen LogP contribution is -2.12. The highest BCUT2D eigenvalue weighted by atomic mass is 16.5. The van der Waals surface area contributed by atoms with Crippen molar-refractivity contribution in [2.24, 2.45) is 0 Å². The SMILES string of the molecule is COc1ccc2[nH]c(C(=O)Nc3ccc(C(C)C)cc3)cc2c1. The number of nitrogens with one attached hydrogen (secondary N) is 2. The molecule has 0 aliphatic carbocycles. The van der Waals surface area contributed by atoms with E-state index in [9.17, 15) is 4.79 Å². The molecular weight excluding hydrogens is 288 g/mol. The monoisotopic (exact) mass is 308 g/mol. The number of benzene rings is 2. The first-order chi connectivity index (χ1) is 11.1. The lowest BCUT2D eigenvalue weighted by atomic mass is 10.0. The van der Waals surface area contributed by atoms with Crippen molar-refractivity contribution in [2.75, 3.05) is 12.4 Å². The fourth-order valence-corrected chi connectivity index (χ4v) is 2.51. The third kappa shape index (κ3) is 3.21. The molecule has 118 valence electrons. The highest BCUT2D eigenvalue weighted by molar-refractivity contribution is 6.06. The van der Waals surface area contributed by atoms with E-state index in [1.165, 1.54) is 5.56 Å². The summed E-state index contributed by atoms with van der Waals surface area (Å²) < 4.78 is 5.20. The number of anilines is 1. The van der Waals surface area contributed by atoms with Crippen LogP contribution in [-0.2, 0) is 0 Å². The zero-order chi connectivity index (χ0) is 16.4. The standard InChI is InChI=1S/C19H20N2O2/c1-12(2)13-4-6-15(7-5-13)20-19(22)18-11-14-10-16(23-3)8-9-17(14)21-18/h4-12,21H,1-3H3,(H,20,22). The van der Waals surface area contributed by atoms with Crippen LogP contribution in [0, 0.1) is 0 Å². The van der Waals surface area contributed by atoms with Crippen molar-refractivity contribution in [3.05, 3.63) is 59.8 Å². The number of aromatic amines is 1. The van der Waals surface area contributed by atoms with Gasteiger partial charge in [-0.2, -0.15) is 0 Å². The highest BCUT2D eigenvalue weighted by Crippen LogP contribution is 2.22. The summed E-state index contributed by atoms with van der Waals surface area (Å²) in [5, 5.41) is 3.86. The molecule has 4 nitrogen and oxygen atoms in total. The zero-order valence-electron chi connectivity index (χ0n) is 13.5. The Morgan fingerprint density at radius 1 is 1.09 bits per heavy atom. The van der Waals surface area contributed by atoms with Crippen LogP contribution in [0.1, 0.15) is 35.8 Å². The van der Waals surface area contributed by atoms with Crippen molar-refractivity contribution in [2.45, 2.75) is 19.8 Å². The maximum atomic E-state index is 12.4. The van der Waals surface area contributed by atoms with Crippen molar-refractivity contribution in [1.29, 1.82) is 0 Å². The number of hydrogen-bond acceptors (Lipinski definition) is 2. The van der Waals surface area contributed by atoms with E-state index in [4.69, 9.17) is 4.74 Å². The van der Waals surface area contributed by atoms with Crippen LogP contribution in [0.3, 0.4) is 0 Å². The molecule has 0 bridgehead atoms. The predicted molar refractivity (Wildman–Crippen MR) is 93.3 cm³/mol. The van der Waals surface area contributed by atoms with E-state index in [0.717, 1.165) is 22.3 Å². The van der Waals surface area contributed by atoms with Crippen molar-refractivity contribution in [3.63, 3.8) is 0 Å². The average Bonchev–Trinajstić information content (AvgIpc) is 2.98. The third-order valence-corrected chi connectivity index (χ3v) is 3.91. The molecule has 0 saturated carbocycles. The summed E-state index contributed by atoms with van der Waals surface area (Å²) in [6.07, 6.45) is 0. The lowest BCUT2D eigenvalue weighted by Gasteiger charge is -2.07. The minimum atomic E-state index is -0.155. The number of aromatic nitrogens is 1. The number of carbonyl (C=O) groups is 1. The molecule has 2 N–H and O–H groups in total. The van der Waals surface area contributed by atoms with E-state index in [-0.39, 0.29) is 5.91 Å². The molecule has 0 aliphatic rings. The van der Waals surface area contributed by atoms with Gasteiger partial charge in [-0.1, -0.05) is 26.0 Å². The first-order valence-electron chi connectivity index (χ1n) is 7.65. The summed E-state index contributed by atoms with van der Waals surface area (Å²) in [7, 11) is 1.63. The van der Waals surface area contributed by atoms with E-state index in [1.54, 1.807) is 7.11 Å². The minimum Gasteiger partial charge on any atom is -0.497 e. The van der Waals surface area contributed by atoms with Crippen molar-refractivity contribution in [1.82, 2.24) is 4.98 Å². The van der Waals surface area contributed by atoms with Crippen LogP contribution in [0.5, 0.6) is 5.75 Å². The summed E-state index contributed by atoms with van der Waals surface area (Å²) in [5.74, 6) is 1.09. The smallest absolute Gasteiger partial charge is 0.272 e. The van der Waals surface area contributed by atoms with Gasteiger partial charge in [-0.15, -0.1) is 0 Å². The molecule has 0 spiro atoms. The molecule has 0 aliphatic heterocycles. The maximum absolute atomic E-state index is 12.4. The number of hydrogen-bond donors (Lipinski definition) is 2. The van der Waals surface area contributed by atoms with Crippen LogP contribution in [-0.4, -0.2) is 18.0 Å². The van der Waals surface area contributed by atoms with E-state index < -0.39 is 0 Å². The second-order valence-electron chi connectivity index (χ2n) is 5.87. The summed E-state index contributed by atoms with van der Waals surface area (Å²) >= 11 is 0. The first-order valence-corrected chi connectivity index (χ1v) is 7.65. The normalized spacial score (nSPS) is 11.0. The highest BCUT2D eigenvalue weighted by Gasteiger charge is 2.10. The lowest BCUT2D eigenvalue weighted by molar-refractivity contribution is 0.102. The number of ether oxygens (including phenoxy) is 1. The number of rotatable bonds is 4. The number of H-pyrrole nitrogens is 1. The summed E-state index contributed by atoms with van der Waals surface area (Å²) in [4.78, 5) is 15.5. The van der Waals surface area contributed by atoms with Crippen LogP contribution in [0.15, 0.2) is 48.5 Å². The fraction of sp³-hybridized carbons (Fsp3) is 0.211. The molecule has 1 heterocycles. The van der Waals surface area contributed by atoms with E-state index in [2.05, 4.69) is 24.1 Å². The Hall–Kier alpha value is -2.75. The van der Waals surface area contributed by atoms with Gasteiger partial charge in [0.2, 0.25) is 0 Å². The van der Waals surface area contributed by atoms with Gasteiger partial charge < -0.3 is 15.0 Å². The van der Waals surface area contributed by atoms with Gasteiger partial charge in [0.15, 0.2) is 0 Å². The van der Waals surface area contributed by atoms with Crippen LogP contribution >= 0.6 is 0 Å². The molecule has 0 radical (unpaired) electrons. The van der Waals surface area contributed by atoms with Crippen LogP contribution in [0.25, 0.3) is 10.9 Å². The molecule has 0 unspecified atom stereocenters. The number of methoxy groups -OCH3 is 1. The Balaban J connectivity index is 1.80. The topological polar surface area (TPSA) is 54.1 Å². The molecule has 3 aromatic rings. The van der Waals surface area contributed by atoms with Gasteiger partial charge in [0.25, 0.3) is 5.91 Å². The average molecular weight is 308 g/mol. The molecular formula is C19H20N2O2. The quantitative estimate of drug-likeness (QED) is 0.742. The van der Waals surface area contributed by atoms with Gasteiger partial charge in [-0.25, -0.2) is 0 Å². The molecule has 23 heavy (non-hydrogen) atoms. The van der Waals surface area contributed by atoms with E-state index >= 15 is 0 Å². The summed E-state index contributed by atoms with van der Waals surface area (Å²) in [6, 6.07) is 15.4. The van der Waals surface area contributed by atoms with Gasteiger partial charge in [0, 0.05) is 16.6 Å². The second kappa shape index (κ2) is 6.16. The Bertz CT molecular complexity index is 832. The Morgan fingerprint density at radius 3 is 2.48 bits per heavy atom. The molecule has 0 saturated heterocycles. The minimum absolute atomic E-state index is 0.155. The van der Waals surface area contributed by atoms with Crippen LogP contribution in [0.2, 0.25) is 0 Å². The molecule has 4 heteroatoms. The number of fused-ring (bicyclic) bond motifs is 1. The summed E-state index contributed by atoms with van der Waals surface area (Å²) in [5.41, 5.74) is 3.48.